The molecule has 0 saturated carbocycles. The van der Waals surface area contributed by atoms with E-state index in [2.05, 4.69) is 89.7 Å². The van der Waals surface area contributed by atoms with Gasteiger partial charge in [0.2, 0.25) is 5.91 Å². The molecule has 0 unspecified atom stereocenters. The van der Waals surface area contributed by atoms with Crippen LogP contribution in [-0.2, 0) is 4.79 Å². The second-order valence-electron chi connectivity index (χ2n) is 11.5. The summed E-state index contributed by atoms with van der Waals surface area (Å²) in [7, 11) is 0. The number of aromatic nitrogens is 1. The number of rotatable bonds is 0. The molecule has 250 valence electrons. The molecule has 48 heavy (non-hydrogen) atoms. The Morgan fingerprint density at radius 2 is 1.44 bits per heavy atom. The first-order valence-corrected chi connectivity index (χ1v) is 18.8. The fraction of sp³-hybridized carbons (Fsp3) is 0.243. The van der Waals surface area contributed by atoms with E-state index in [1.807, 2.05) is 61.6 Å². The third-order valence-corrected chi connectivity index (χ3v) is 10.9. The number of benzene rings is 3. The maximum Gasteiger partial charge on any atom is 0.234 e. The molecule has 0 fully saturated rings. The summed E-state index contributed by atoms with van der Waals surface area (Å²) in [6.07, 6.45) is 0. The highest BCUT2D eigenvalue weighted by atomic mass is 35.5. The summed E-state index contributed by atoms with van der Waals surface area (Å²) in [6.45, 7) is 17.4. The largest absolute Gasteiger partial charge is 0.484 e. The number of amides is 1. The van der Waals surface area contributed by atoms with Crippen LogP contribution in [0.3, 0.4) is 0 Å². The Kier molecular flexibility index (Phi) is 12.3. The zero-order chi connectivity index (χ0) is 34.2. The van der Waals surface area contributed by atoms with Gasteiger partial charge in [-0.3, -0.25) is 4.79 Å². The van der Waals surface area contributed by atoms with Crippen molar-refractivity contribution in [2.24, 2.45) is 0 Å². The molecule has 4 aliphatic rings. The van der Waals surface area contributed by atoms with Crippen LogP contribution in [0.2, 0.25) is 5.02 Å². The van der Waals surface area contributed by atoms with Crippen LogP contribution in [0.1, 0.15) is 22.4 Å². The SMILES string of the molecule is C=C1COc2ccc(C)nc2N1.C=C1CSc2ccc(C)cc2N1.Cc1cc2c(cc1Cl)SCC(=O)N2.Cc1ccc2c(c1)NCCS2. The number of ether oxygens (including phenoxy) is 1. The van der Waals surface area contributed by atoms with E-state index in [1.54, 1.807) is 0 Å². The fourth-order valence-electron chi connectivity index (χ4n) is 4.84. The molecule has 1 aromatic heterocycles. The van der Waals surface area contributed by atoms with Crippen molar-refractivity contribution in [1.29, 1.82) is 0 Å². The molecule has 0 aliphatic carbocycles. The monoisotopic (exact) mass is 717 g/mol. The standard InChI is InChI=1S/C10H11NS.C9H8ClNOS.C9H10N2O.C9H11NS/c1-7-3-4-10-9(5-7)11-8(2)6-12-10;1-5-2-7-8(3-6(5)10)13-4-9(12)11-7;1-6-3-4-8-9(10-6)11-7(2)5-12-8;1-7-2-3-9-8(6-7)10-4-5-11-9/h3-5,11H,2,6H2,1H3;2-3H,4H2,1H3,(H,11,12);3-4H,2,5H2,1H3,(H,10,11);2-3,6,10H,4-5H2,1H3. The molecular formula is C37H40ClN5O2S3. The molecule has 3 aromatic carbocycles. The van der Waals surface area contributed by atoms with Crippen LogP contribution in [0.5, 0.6) is 5.75 Å². The molecular weight excluding hydrogens is 678 g/mol. The Morgan fingerprint density at radius 3 is 2.21 bits per heavy atom. The second-order valence-corrected chi connectivity index (χ2v) is 15.1. The van der Waals surface area contributed by atoms with Gasteiger partial charge >= 0.3 is 0 Å². The molecule has 5 heterocycles. The molecule has 8 rings (SSSR count). The van der Waals surface area contributed by atoms with E-state index in [9.17, 15) is 4.79 Å². The van der Waals surface area contributed by atoms with E-state index >= 15 is 0 Å². The topological polar surface area (TPSA) is 87.3 Å². The number of carbonyl (C=O) groups is 1. The summed E-state index contributed by atoms with van der Waals surface area (Å²) in [5, 5.41) is 13.3. The number of aryl methyl sites for hydroxylation is 4. The van der Waals surface area contributed by atoms with E-state index in [1.165, 1.54) is 49.8 Å². The highest BCUT2D eigenvalue weighted by molar-refractivity contribution is 8.00. The van der Waals surface area contributed by atoms with Gasteiger partial charge < -0.3 is 26.0 Å². The molecule has 0 spiro atoms. The Hall–Kier alpha value is -3.70. The molecule has 4 N–H and O–H groups in total. The number of hydrogen-bond donors (Lipinski definition) is 4. The Bertz CT molecular complexity index is 1780. The number of carbonyl (C=O) groups excluding carboxylic acids is 1. The summed E-state index contributed by atoms with van der Waals surface area (Å²) in [6, 6.07) is 20.7. The third kappa shape index (κ3) is 9.92. The maximum atomic E-state index is 11.1. The maximum absolute atomic E-state index is 11.1. The van der Waals surface area contributed by atoms with Gasteiger partial charge in [0, 0.05) is 60.5 Å². The van der Waals surface area contributed by atoms with Gasteiger partial charge in [-0.15, -0.1) is 35.3 Å². The molecule has 4 aliphatic heterocycles. The van der Waals surface area contributed by atoms with Gasteiger partial charge in [-0.1, -0.05) is 36.9 Å². The highest BCUT2D eigenvalue weighted by Gasteiger charge is 2.16. The van der Waals surface area contributed by atoms with Crippen LogP contribution in [-0.4, -0.2) is 41.3 Å². The number of anilines is 4. The van der Waals surface area contributed by atoms with Crippen molar-refractivity contribution in [3.05, 3.63) is 113 Å². The first kappa shape index (κ1) is 35.6. The van der Waals surface area contributed by atoms with Gasteiger partial charge in [-0.25, -0.2) is 4.98 Å². The van der Waals surface area contributed by atoms with Gasteiger partial charge in [0.15, 0.2) is 11.6 Å². The normalized spacial score (nSPS) is 15.1. The van der Waals surface area contributed by atoms with E-state index < -0.39 is 0 Å². The summed E-state index contributed by atoms with van der Waals surface area (Å²) >= 11 is 11.3. The lowest BCUT2D eigenvalue weighted by atomic mass is 10.2. The zero-order valence-electron chi connectivity index (χ0n) is 27.6. The van der Waals surface area contributed by atoms with Gasteiger partial charge in [0.25, 0.3) is 0 Å². The quantitative estimate of drug-likeness (QED) is 0.142. The van der Waals surface area contributed by atoms with Crippen molar-refractivity contribution in [1.82, 2.24) is 4.98 Å². The zero-order valence-corrected chi connectivity index (χ0v) is 30.8. The number of nitrogens with one attached hydrogen (secondary N) is 4. The minimum atomic E-state index is 0.0548. The Labute approximate surface area is 301 Å². The first-order valence-electron chi connectivity index (χ1n) is 15.5. The van der Waals surface area contributed by atoms with Crippen molar-refractivity contribution in [2.75, 3.05) is 51.7 Å². The molecule has 0 atom stereocenters. The van der Waals surface area contributed by atoms with Crippen LogP contribution < -0.4 is 26.0 Å². The number of fused-ring (bicyclic) bond motifs is 4. The van der Waals surface area contributed by atoms with E-state index in [4.69, 9.17) is 16.3 Å². The predicted octanol–water partition coefficient (Wildman–Crippen LogP) is 9.94. The molecule has 0 radical (unpaired) electrons. The van der Waals surface area contributed by atoms with Gasteiger partial charge in [0.1, 0.15) is 6.61 Å². The van der Waals surface area contributed by atoms with E-state index in [0.29, 0.717) is 12.4 Å². The third-order valence-electron chi connectivity index (χ3n) is 7.25. The summed E-state index contributed by atoms with van der Waals surface area (Å²) in [5.41, 5.74) is 9.91. The smallest absolute Gasteiger partial charge is 0.234 e. The van der Waals surface area contributed by atoms with Crippen LogP contribution in [0.4, 0.5) is 22.9 Å². The average Bonchev–Trinajstić information content (AvgIpc) is 3.06. The van der Waals surface area contributed by atoms with Gasteiger partial charge in [0.05, 0.1) is 17.1 Å². The summed E-state index contributed by atoms with van der Waals surface area (Å²) in [5.74, 6) is 4.27. The lowest BCUT2D eigenvalue weighted by molar-refractivity contribution is -0.113. The van der Waals surface area contributed by atoms with Crippen molar-refractivity contribution in [3.8, 4) is 5.75 Å². The number of thioether (sulfide) groups is 3. The molecule has 1 amide bonds. The van der Waals surface area contributed by atoms with Crippen molar-refractivity contribution in [2.45, 2.75) is 42.4 Å². The molecule has 11 heteroatoms. The molecule has 7 nitrogen and oxygen atoms in total. The molecule has 0 saturated heterocycles. The lowest BCUT2D eigenvalue weighted by Crippen LogP contribution is -2.18. The molecule has 0 bridgehead atoms. The fourth-order valence-corrected chi connectivity index (χ4v) is 7.60. The number of halogens is 1. The van der Waals surface area contributed by atoms with Crippen LogP contribution in [0, 0.1) is 27.7 Å². The van der Waals surface area contributed by atoms with Gasteiger partial charge in [-0.05, 0) is 92.9 Å². The van der Waals surface area contributed by atoms with Crippen molar-refractivity contribution < 1.29 is 9.53 Å². The average molecular weight is 718 g/mol. The van der Waals surface area contributed by atoms with Crippen molar-refractivity contribution in [3.63, 3.8) is 0 Å². The highest BCUT2D eigenvalue weighted by Crippen LogP contribution is 2.36. The lowest BCUT2D eigenvalue weighted by Gasteiger charge is -2.19. The summed E-state index contributed by atoms with van der Waals surface area (Å²) in [4.78, 5) is 19.1. The summed E-state index contributed by atoms with van der Waals surface area (Å²) < 4.78 is 5.37. The predicted molar refractivity (Wildman–Crippen MR) is 208 cm³/mol. The van der Waals surface area contributed by atoms with E-state index in [0.717, 1.165) is 62.1 Å². The number of nitrogens with zero attached hydrogens (tertiary/aromatic N) is 1. The Morgan fingerprint density at radius 1 is 0.750 bits per heavy atom. The Balaban J connectivity index is 0.000000125. The molecule has 4 aromatic rings. The minimum Gasteiger partial charge on any atom is -0.484 e. The van der Waals surface area contributed by atoms with Crippen molar-refractivity contribution >= 4 is 75.7 Å². The van der Waals surface area contributed by atoms with Crippen LogP contribution in [0.25, 0.3) is 0 Å². The second kappa shape index (κ2) is 16.6. The number of pyridine rings is 1. The van der Waals surface area contributed by atoms with Crippen LogP contribution in [0.15, 0.2) is 99.9 Å². The van der Waals surface area contributed by atoms with E-state index in [-0.39, 0.29) is 5.91 Å². The van der Waals surface area contributed by atoms with Crippen LogP contribution >= 0.6 is 46.9 Å². The van der Waals surface area contributed by atoms with Gasteiger partial charge in [-0.2, -0.15) is 0 Å². The minimum absolute atomic E-state index is 0.0548. The number of hydrogen-bond acceptors (Lipinski definition) is 9. The first-order chi connectivity index (χ1) is 23.0.